The predicted octanol–water partition coefficient (Wildman–Crippen LogP) is 5.08. The molecule has 2 aromatic rings. The average Bonchev–Trinajstić information content (AvgIpc) is 2.51. The van der Waals surface area contributed by atoms with E-state index in [1.165, 1.54) is 0 Å². The first-order chi connectivity index (χ1) is 11.7. The number of carbonyl (C=O) groups excluding carboxylic acids is 2. The van der Waals surface area contributed by atoms with E-state index >= 15 is 0 Å². The zero-order valence-electron chi connectivity index (χ0n) is 15.5. The van der Waals surface area contributed by atoms with Gasteiger partial charge in [0, 0.05) is 17.7 Å². The molecule has 0 radical (unpaired) electrons. The second-order valence-corrected chi connectivity index (χ2v) is 7.19. The first kappa shape index (κ1) is 18.7. The molecule has 0 heterocycles. The number of ketones is 1. The summed E-state index contributed by atoms with van der Waals surface area (Å²) in [6, 6.07) is 13.0. The minimum Gasteiger partial charge on any atom is -0.444 e. The highest BCUT2D eigenvalue weighted by Gasteiger charge is 2.18. The summed E-state index contributed by atoms with van der Waals surface area (Å²) in [4.78, 5) is 24.6. The van der Waals surface area contributed by atoms with Gasteiger partial charge in [-0.25, -0.2) is 4.79 Å². The molecule has 4 heteroatoms. The van der Waals surface area contributed by atoms with Crippen LogP contribution in [0.2, 0.25) is 0 Å². The third-order valence-corrected chi connectivity index (χ3v) is 3.80. The van der Waals surface area contributed by atoms with Crippen molar-refractivity contribution >= 4 is 17.6 Å². The van der Waals surface area contributed by atoms with Gasteiger partial charge in [-0.15, -0.1) is 0 Å². The predicted molar refractivity (Wildman–Crippen MR) is 100 cm³/mol. The number of nitrogens with one attached hydrogen (secondary N) is 1. The van der Waals surface area contributed by atoms with Gasteiger partial charge in [0.15, 0.2) is 5.78 Å². The molecule has 0 fully saturated rings. The van der Waals surface area contributed by atoms with E-state index in [1.54, 1.807) is 12.1 Å². The van der Waals surface area contributed by atoms with Crippen LogP contribution in [-0.2, 0) is 11.2 Å². The number of aryl methyl sites for hydroxylation is 2. The summed E-state index contributed by atoms with van der Waals surface area (Å²) >= 11 is 0. The Bertz CT molecular complexity index is 774. The van der Waals surface area contributed by atoms with Gasteiger partial charge in [-0.3, -0.25) is 10.1 Å². The highest BCUT2D eigenvalue weighted by molar-refractivity contribution is 5.99. The van der Waals surface area contributed by atoms with Gasteiger partial charge in [0.25, 0.3) is 0 Å². The fraction of sp³-hybridized carbons (Fsp3) is 0.333. The van der Waals surface area contributed by atoms with Gasteiger partial charge < -0.3 is 4.74 Å². The Labute approximate surface area is 149 Å². The minimum atomic E-state index is -0.580. The van der Waals surface area contributed by atoms with Crippen LogP contribution < -0.4 is 5.32 Å². The third kappa shape index (κ3) is 5.45. The van der Waals surface area contributed by atoms with Crippen molar-refractivity contribution in [1.82, 2.24) is 0 Å². The summed E-state index contributed by atoms with van der Waals surface area (Å²) in [5.74, 6) is 0.0103. The van der Waals surface area contributed by atoms with E-state index in [2.05, 4.69) is 5.32 Å². The largest absolute Gasteiger partial charge is 0.444 e. The zero-order chi connectivity index (χ0) is 18.6. The number of benzene rings is 2. The zero-order valence-corrected chi connectivity index (χ0v) is 15.5. The lowest BCUT2D eigenvalue weighted by Gasteiger charge is -2.21. The van der Waals surface area contributed by atoms with Crippen LogP contribution in [0.4, 0.5) is 10.5 Å². The molecular formula is C21H25NO3. The van der Waals surface area contributed by atoms with Crippen molar-refractivity contribution in [3.63, 3.8) is 0 Å². The van der Waals surface area contributed by atoms with Crippen molar-refractivity contribution in [3.8, 4) is 0 Å². The topological polar surface area (TPSA) is 55.4 Å². The maximum atomic E-state index is 12.5. The number of carbonyl (C=O) groups is 2. The summed E-state index contributed by atoms with van der Waals surface area (Å²) in [5, 5.41) is 2.78. The molecule has 0 saturated carbocycles. The molecule has 0 saturated heterocycles. The summed E-state index contributed by atoms with van der Waals surface area (Å²) in [5.41, 5.74) is 3.59. The van der Waals surface area contributed by atoms with E-state index in [1.807, 2.05) is 65.0 Å². The molecule has 0 aliphatic heterocycles. The first-order valence-electron chi connectivity index (χ1n) is 8.34. The van der Waals surface area contributed by atoms with E-state index in [4.69, 9.17) is 4.74 Å². The van der Waals surface area contributed by atoms with E-state index in [9.17, 15) is 9.59 Å². The number of Topliss-reactive ketones (excluding diaryl/α,β-unsaturated/α-hetero) is 1. The van der Waals surface area contributed by atoms with Gasteiger partial charge in [0.2, 0.25) is 0 Å². The van der Waals surface area contributed by atoms with Gasteiger partial charge in [0.1, 0.15) is 5.60 Å². The Morgan fingerprint density at radius 3 is 2.20 bits per heavy atom. The molecule has 2 aromatic carbocycles. The standard InChI is InChI=1S/C21H25NO3/c1-14-11-17(13-19(23)16-9-7-6-8-10-16)18(12-15(14)2)22-20(24)25-21(3,4)5/h6-12H,13H2,1-5H3,(H,22,24). The fourth-order valence-electron chi connectivity index (χ4n) is 2.45. The van der Waals surface area contributed by atoms with E-state index in [-0.39, 0.29) is 12.2 Å². The number of ether oxygens (including phenoxy) is 1. The van der Waals surface area contributed by atoms with Crippen LogP contribution in [0, 0.1) is 13.8 Å². The second-order valence-electron chi connectivity index (χ2n) is 7.19. The average molecular weight is 339 g/mol. The van der Waals surface area contributed by atoms with Crippen LogP contribution in [0.3, 0.4) is 0 Å². The lowest BCUT2D eigenvalue weighted by molar-refractivity contribution is 0.0635. The maximum absolute atomic E-state index is 12.5. The molecule has 0 unspecified atom stereocenters. The molecule has 0 aliphatic rings. The monoisotopic (exact) mass is 339 g/mol. The van der Waals surface area contributed by atoms with Crippen LogP contribution in [0.5, 0.6) is 0 Å². The minimum absolute atomic E-state index is 0.0103. The van der Waals surface area contributed by atoms with Gasteiger partial charge in [-0.1, -0.05) is 36.4 Å². The number of rotatable bonds is 4. The molecule has 2 rings (SSSR count). The molecule has 0 aromatic heterocycles. The maximum Gasteiger partial charge on any atom is 0.412 e. The molecule has 0 atom stereocenters. The molecule has 0 spiro atoms. The Kier molecular flexibility index (Phi) is 5.62. The van der Waals surface area contributed by atoms with Crippen LogP contribution in [0.25, 0.3) is 0 Å². The Hall–Kier alpha value is -2.62. The van der Waals surface area contributed by atoms with Gasteiger partial charge in [-0.2, -0.15) is 0 Å². The van der Waals surface area contributed by atoms with Crippen molar-refractivity contribution in [2.24, 2.45) is 0 Å². The van der Waals surface area contributed by atoms with Crippen molar-refractivity contribution in [1.29, 1.82) is 0 Å². The van der Waals surface area contributed by atoms with E-state index in [0.29, 0.717) is 11.3 Å². The first-order valence-corrected chi connectivity index (χ1v) is 8.34. The van der Waals surface area contributed by atoms with Crippen molar-refractivity contribution in [2.45, 2.75) is 46.6 Å². The number of anilines is 1. The van der Waals surface area contributed by atoms with E-state index < -0.39 is 11.7 Å². The van der Waals surface area contributed by atoms with Crippen LogP contribution >= 0.6 is 0 Å². The van der Waals surface area contributed by atoms with Gasteiger partial charge in [0.05, 0.1) is 0 Å². The SMILES string of the molecule is Cc1cc(CC(=O)c2ccccc2)c(NC(=O)OC(C)(C)C)cc1C. The molecule has 4 nitrogen and oxygen atoms in total. The van der Waals surface area contributed by atoms with Crippen molar-refractivity contribution in [2.75, 3.05) is 5.32 Å². The molecule has 0 aliphatic carbocycles. The van der Waals surface area contributed by atoms with Crippen LogP contribution in [0.1, 0.15) is 47.8 Å². The number of hydrogen-bond donors (Lipinski definition) is 1. The van der Waals surface area contributed by atoms with Crippen LogP contribution in [0.15, 0.2) is 42.5 Å². The summed E-state index contributed by atoms with van der Waals surface area (Å²) in [7, 11) is 0. The summed E-state index contributed by atoms with van der Waals surface area (Å²) in [6.07, 6.45) is -0.305. The lowest BCUT2D eigenvalue weighted by atomic mass is 9.97. The second kappa shape index (κ2) is 7.51. The Morgan fingerprint density at radius 2 is 1.60 bits per heavy atom. The highest BCUT2D eigenvalue weighted by Crippen LogP contribution is 2.24. The fourth-order valence-corrected chi connectivity index (χ4v) is 2.45. The summed E-state index contributed by atoms with van der Waals surface area (Å²) < 4.78 is 5.32. The Balaban J connectivity index is 2.26. The Morgan fingerprint density at radius 1 is 1.00 bits per heavy atom. The molecule has 1 amide bonds. The lowest BCUT2D eigenvalue weighted by Crippen LogP contribution is -2.27. The van der Waals surface area contributed by atoms with Crippen molar-refractivity contribution < 1.29 is 14.3 Å². The molecule has 1 N–H and O–H groups in total. The molecular weight excluding hydrogens is 314 g/mol. The number of amides is 1. The van der Waals surface area contributed by atoms with Crippen molar-refractivity contribution in [3.05, 3.63) is 64.7 Å². The quantitative estimate of drug-likeness (QED) is 0.791. The molecule has 132 valence electrons. The van der Waals surface area contributed by atoms with E-state index in [0.717, 1.165) is 16.7 Å². The van der Waals surface area contributed by atoms with Gasteiger partial charge >= 0.3 is 6.09 Å². The molecule has 25 heavy (non-hydrogen) atoms. The smallest absolute Gasteiger partial charge is 0.412 e. The third-order valence-electron chi connectivity index (χ3n) is 3.80. The molecule has 0 bridgehead atoms. The normalized spacial score (nSPS) is 11.1. The van der Waals surface area contributed by atoms with Gasteiger partial charge in [-0.05, 0) is 57.4 Å². The summed E-state index contributed by atoms with van der Waals surface area (Å²) in [6.45, 7) is 9.40. The highest BCUT2D eigenvalue weighted by atomic mass is 16.6. The number of hydrogen-bond acceptors (Lipinski definition) is 3. The van der Waals surface area contributed by atoms with Crippen LogP contribution in [-0.4, -0.2) is 17.5 Å².